The normalized spacial score (nSPS) is 10.8. The largest absolute Gasteiger partial charge is 0.497 e. The Kier molecular flexibility index (Phi) is 4.42. The van der Waals surface area contributed by atoms with Gasteiger partial charge >= 0.3 is 0 Å². The van der Waals surface area contributed by atoms with Gasteiger partial charge in [-0.1, -0.05) is 0 Å². The molecule has 0 atom stereocenters. The van der Waals surface area contributed by atoms with E-state index in [2.05, 4.69) is 5.32 Å². The molecule has 21 heavy (non-hydrogen) atoms. The lowest BCUT2D eigenvalue weighted by Gasteiger charge is -2.08. The van der Waals surface area contributed by atoms with Gasteiger partial charge in [0.05, 0.1) is 7.11 Å². The molecule has 0 unspecified atom stereocenters. The van der Waals surface area contributed by atoms with Crippen LogP contribution in [0, 0.1) is 11.3 Å². The van der Waals surface area contributed by atoms with Crippen LogP contribution in [0.2, 0.25) is 0 Å². The first-order valence-electron chi connectivity index (χ1n) is 6.35. The number of nitrogens with zero attached hydrogens (tertiary/aromatic N) is 2. The molecule has 0 saturated carbocycles. The van der Waals surface area contributed by atoms with E-state index in [4.69, 9.17) is 10.00 Å². The average molecular weight is 281 g/mol. The molecule has 106 valence electrons. The fourth-order valence-electron chi connectivity index (χ4n) is 1.92. The van der Waals surface area contributed by atoms with Gasteiger partial charge in [0.2, 0.25) is 0 Å². The van der Waals surface area contributed by atoms with E-state index in [1.54, 1.807) is 13.2 Å². The van der Waals surface area contributed by atoms with Crippen LogP contribution in [0.25, 0.3) is 11.8 Å². The summed E-state index contributed by atoms with van der Waals surface area (Å²) in [5, 5.41) is 11.5. The van der Waals surface area contributed by atoms with Gasteiger partial charge in [0.1, 0.15) is 17.4 Å². The lowest BCUT2D eigenvalue weighted by molar-refractivity contribution is -0.116. The number of nitriles is 1. The van der Waals surface area contributed by atoms with Gasteiger partial charge < -0.3 is 14.6 Å². The second-order valence-electron chi connectivity index (χ2n) is 4.25. The lowest BCUT2D eigenvalue weighted by atomic mass is 10.2. The third kappa shape index (κ3) is 3.12. The molecule has 0 spiro atoms. The Morgan fingerprint density at radius 3 is 2.62 bits per heavy atom. The molecule has 0 saturated heterocycles. The third-order valence-electron chi connectivity index (χ3n) is 3.02. The highest BCUT2D eigenvalue weighted by Crippen LogP contribution is 2.18. The summed E-state index contributed by atoms with van der Waals surface area (Å²) in [7, 11) is 3.11. The number of benzene rings is 1. The molecule has 1 aromatic carbocycles. The topological polar surface area (TPSA) is 67.0 Å². The zero-order valence-electron chi connectivity index (χ0n) is 11.8. The van der Waals surface area contributed by atoms with Gasteiger partial charge in [-0.2, -0.15) is 5.26 Å². The van der Waals surface area contributed by atoms with Crippen LogP contribution in [0.3, 0.4) is 0 Å². The molecule has 5 heteroatoms. The number of ether oxygens (including phenoxy) is 1. The molecular weight excluding hydrogens is 266 g/mol. The lowest BCUT2D eigenvalue weighted by Crippen LogP contribution is -2.19. The zero-order chi connectivity index (χ0) is 15.2. The van der Waals surface area contributed by atoms with E-state index in [-0.39, 0.29) is 5.57 Å². The minimum atomic E-state index is -0.403. The van der Waals surface area contributed by atoms with Crippen molar-refractivity contribution in [2.45, 2.75) is 0 Å². The molecule has 1 amide bonds. The van der Waals surface area contributed by atoms with Crippen LogP contribution in [-0.4, -0.2) is 24.6 Å². The number of rotatable bonds is 4. The molecule has 2 rings (SSSR count). The van der Waals surface area contributed by atoms with Gasteiger partial charge in [-0.3, -0.25) is 4.79 Å². The maximum Gasteiger partial charge on any atom is 0.261 e. The zero-order valence-corrected chi connectivity index (χ0v) is 11.8. The van der Waals surface area contributed by atoms with Crippen LogP contribution < -0.4 is 10.1 Å². The van der Waals surface area contributed by atoms with Crippen LogP contribution in [0.5, 0.6) is 5.75 Å². The smallest absolute Gasteiger partial charge is 0.261 e. The first-order chi connectivity index (χ1) is 10.2. The fraction of sp³-hybridized carbons (Fsp3) is 0.125. The highest BCUT2D eigenvalue weighted by atomic mass is 16.5. The molecule has 5 nitrogen and oxygen atoms in total. The number of carbonyl (C=O) groups is 1. The molecule has 0 aliphatic rings. The summed E-state index contributed by atoms with van der Waals surface area (Å²) in [6, 6.07) is 13.1. The van der Waals surface area contributed by atoms with E-state index >= 15 is 0 Å². The minimum Gasteiger partial charge on any atom is -0.497 e. The van der Waals surface area contributed by atoms with Crippen molar-refractivity contribution in [2.24, 2.45) is 0 Å². The molecule has 0 aliphatic heterocycles. The van der Waals surface area contributed by atoms with Crippen LogP contribution in [0.4, 0.5) is 0 Å². The molecule has 2 aromatic rings. The predicted octanol–water partition coefficient (Wildman–Crippen LogP) is 2.14. The quantitative estimate of drug-likeness (QED) is 0.689. The first kappa shape index (κ1) is 14.4. The molecule has 0 radical (unpaired) electrons. The Bertz CT molecular complexity index is 706. The second-order valence-corrected chi connectivity index (χ2v) is 4.25. The number of amides is 1. The highest BCUT2D eigenvalue weighted by Gasteiger charge is 2.08. The van der Waals surface area contributed by atoms with Crippen LogP contribution >= 0.6 is 0 Å². The number of carbonyl (C=O) groups excluding carboxylic acids is 1. The number of aromatic nitrogens is 1. The van der Waals surface area contributed by atoms with E-state index in [9.17, 15) is 4.79 Å². The van der Waals surface area contributed by atoms with Crippen LogP contribution in [0.15, 0.2) is 48.2 Å². The van der Waals surface area contributed by atoms with Crippen molar-refractivity contribution >= 4 is 12.0 Å². The summed E-state index contributed by atoms with van der Waals surface area (Å²) in [6.07, 6.45) is 3.43. The summed E-state index contributed by atoms with van der Waals surface area (Å²) in [5.41, 5.74) is 1.73. The maximum atomic E-state index is 11.6. The Hall–Kier alpha value is -3.00. The summed E-state index contributed by atoms with van der Waals surface area (Å²) in [5.74, 6) is 0.367. The molecule has 0 bridgehead atoms. The number of likely N-dealkylation sites (N-methyl/N-ethyl adjacent to an activating group) is 1. The van der Waals surface area contributed by atoms with E-state index in [1.165, 1.54) is 7.05 Å². The van der Waals surface area contributed by atoms with Gasteiger partial charge in [-0.05, 0) is 42.5 Å². The summed E-state index contributed by atoms with van der Waals surface area (Å²) in [6.45, 7) is 0. The van der Waals surface area contributed by atoms with Crippen molar-refractivity contribution in [3.8, 4) is 17.5 Å². The third-order valence-corrected chi connectivity index (χ3v) is 3.02. The fourth-order valence-corrected chi connectivity index (χ4v) is 1.92. The summed E-state index contributed by atoms with van der Waals surface area (Å²) in [4.78, 5) is 11.6. The number of hydrogen-bond donors (Lipinski definition) is 1. The van der Waals surface area contributed by atoms with Gasteiger partial charge in [-0.15, -0.1) is 0 Å². The van der Waals surface area contributed by atoms with Crippen molar-refractivity contribution < 1.29 is 9.53 Å². The van der Waals surface area contributed by atoms with Crippen LogP contribution in [0.1, 0.15) is 5.69 Å². The SMILES string of the molecule is CNC(=O)/C(C#N)=C\c1cccn1-c1ccc(OC)cc1. The molecule has 0 fully saturated rings. The van der Waals surface area contributed by atoms with Gasteiger partial charge in [0, 0.05) is 24.6 Å². The monoisotopic (exact) mass is 281 g/mol. The molecule has 1 N–H and O–H groups in total. The summed E-state index contributed by atoms with van der Waals surface area (Å²) < 4.78 is 7.02. The van der Waals surface area contributed by atoms with Gasteiger partial charge in [-0.25, -0.2) is 0 Å². The number of methoxy groups -OCH3 is 1. The maximum absolute atomic E-state index is 11.6. The van der Waals surface area contributed by atoms with Crippen LogP contribution in [-0.2, 0) is 4.79 Å². The standard InChI is InChI=1S/C16H15N3O2/c1-18-16(20)12(11-17)10-14-4-3-9-19(14)13-5-7-15(21-2)8-6-13/h3-10H,1-2H3,(H,18,20)/b12-10-. The van der Waals surface area contributed by atoms with Gasteiger partial charge in [0.25, 0.3) is 5.91 Å². The Morgan fingerprint density at radius 1 is 1.33 bits per heavy atom. The number of nitrogens with one attached hydrogen (secondary N) is 1. The van der Waals surface area contributed by atoms with Gasteiger partial charge in [0.15, 0.2) is 0 Å². The second kappa shape index (κ2) is 6.44. The van der Waals surface area contributed by atoms with Crippen molar-refractivity contribution in [1.82, 2.24) is 9.88 Å². The van der Waals surface area contributed by atoms with Crippen molar-refractivity contribution in [1.29, 1.82) is 5.26 Å². The van der Waals surface area contributed by atoms with Crippen molar-refractivity contribution in [3.05, 3.63) is 53.9 Å². The Balaban J connectivity index is 2.40. The van der Waals surface area contributed by atoms with Crippen molar-refractivity contribution in [2.75, 3.05) is 14.2 Å². The molecular formula is C16H15N3O2. The molecule has 1 heterocycles. The minimum absolute atomic E-state index is 0.0611. The van der Waals surface area contributed by atoms with E-state index in [1.807, 2.05) is 53.2 Å². The molecule has 1 aromatic heterocycles. The first-order valence-corrected chi connectivity index (χ1v) is 6.35. The average Bonchev–Trinajstić information content (AvgIpc) is 3.00. The Morgan fingerprint density at radius 2 is 2.05 bits per heavy atom. The molecule has 0 aliphatic carbocycles. The van der Waals surface area contributed by atoms with E-state index in [0.29, 0.717) is 0 Å². The van der Waals surface area contributed by atoms with Crippen molar-refractivity contribution in [3.63, 3.8) is 0 Å². The Labute approximate surface area is 123 Å². The number of hydrogen-bond acceptors (Lipinski definition) is 3. The van der Waals surface area contributed by atoms with E-state index in [0.717, 1.165) is 17.1 Å². The summed E-state index contributed by atoms with van der Waals surface area (Å²) >= 11 is 0. The predicted molar refractivity (Wildman–Crippen MR) is 80.0 cm³/mol. The van der Waals surface area contributed by atoms with E-state index < -0.39 is 5.91 Å². The highest BCUT2D eigenvalue weighted by molar-refractivity contribution is 6.01.